The van der Waals surface area contributed by atoms with Crippen LogP contribution in [0.3, 0.4) is 0 Å². The Balaban J connectivity index is 2.79. The number of nitrogens with zero attached hydrogens (tertiary/aromatic N) is 1. The van der Waals surface area contributed by atoms with Gasteiger partial charge in [0, 0.05) is 5.69 Å². The molecule has 0 saturated heterocycles. The van der Waals surface area contributed by atoms with Crippen molar-refractivity contribution in [3.05, 3.63) is 63.6 Å². The van der Waals surface area contributed by atoms with Gasteiger partial charge in [-0.15, -0.1) is 0 Å². The molecule has 0 spiro atoms. The summed E-state index contributed by atoms with van der Waals surface area (Å²) >= 11 is 0. The lowest BCUT2D eigenvalue weighted by molar-refractivity contribution is 0.0998. The molecule has 0 saturated carbocycles. The van der Waals surface area contributed by atoms with Crippen molar-refractivity contribution in [2.24, 2.45) is 5.73 Å². The molecule has 0 unspecified atom stereocenters. The molecule has 2 aromatic rings. The molecule has 0 aliphatic heterocycles. The van der Waals surface area contributed by atoms with Crippen LogP contribution in [0.4, 0.5) is 8.78 Å². The summed E-state index contributed by atoms with van der Waals surface area (Å²) in [7, 11) is 0. The van der Waals surface area contributed by atoms with E-state index >= 15 is 0 Å². The van der Waals surface area contributed by atoms with Gasteiger partial charge in [-0.05, 0) is 37.3 Å². The summed E-state index contributed by atoms with van der Waals surface area (Å²) in [5.74, 6) is -2.24. The zero-order valence-corrected chi connectivity index (χ0v) is 9.98. The van der Waals surface area contributed by atoms with E-state index in [0.717, 1.165) is 22.8 Å². The van der Waals surface area contributed by atoms with Crippen molar-refractivity contribution >= 4 is 5.91 Å². The summed E-state index contributed by atoms with van der Waals surface area (Å²) in [4.78, 5) is 23.2. The summed E-state index contributed by atoms with van der Waals surface area (Å²) in [6.45, 7) is 1.38. The van der Waals surface area contributed by atoms with Gasteiger partial charge in [0.1, 0.15) is 17.2 Å². The van der Waals surface area contributed by atoms with Gasteiger partial charge < -0.3 is 5.73 Å². The number of halogens is 2. The lowest BCUT2D eigenvalue weighted by atomic mass is 10.2. The molecule has 1 aromatic heterocycles. The highest BCUT2D eigenvalue weighted by atomic mass is 19.1. The molecule has 0 bridgehead atoms. The quantitative estimate of drug-likeness (QED) is 0.893. The van der Waals surface area contributed by atoms with Gasteiger partial charge in [0.15, 0.2) is 0 Å². The summed E-state index contributed by atoms with van der Waals surface area (Å²) in [5, 5.41) is 0. The zero-order valence-electron chi connectivity index (χ0n) is 9.98. The smallest absolute Gasteiger partial charge is 0.268 e. The average Bonchev–Trinajstić information content (AvgIpc) is 2.36. The van der Waals surface area contributed by atoms with Gasteiger partial charge in [-0.3, -0.25) is 14.2 Å². The molecule has 2 N–H and O–H groups in total. The Morgan fingerprint density at radius 3 is 2.32 bits per heavy atom. The SMILES string of the molecule is Cc1c(F)cc(C(N)=O)c(=O)n1-c1ccc(F)cc1. The van der Waals surface area contributed by atoms with Gasteiger partial charge in [0.2, 0.25) is 0 Å². The third kappa shape index (κ3) is 2.24. The molecule has 1 heterocycles. The van der Waals surface area contributed by atoms with Crippen molar-refractivity contribution in [2.75, 3.05) is 0 Å². The van der Waals surface area contributed by atoms with Crippen LogP contribution in [0.15, 0.2) is 35.1 Å². The number of aromatic nitrogens is 1. The maximum atomic E-state index is 13.7. The van der Waals surface area contributed by atoms with Crippen LogP contribution >= 0.6 is 0 Å². The summed E-state index contributed by atoms with van der Waals surface area (Å²) in [5.41, 5.74) is 4.11. The second-order valence-corrected chi connectivity index (χ2v) is 3.97. The minimum atomic E-state index is -1.01. The first-order chi connectivity index (χ1) is 8.91. The number of carbonyl (C=O) groups excluding carboxylic acids is 1. The van der Waals surface area contributed by atoms with Gasteiger partial charge in [0.25, 0.3) is 11.5 Å². The number of benzene rings is 1. The molecule has 1 aromatic carbocycles. The topological polar surface area (TPSA) is 65.1 Å². The van der Waals surface area contributed by atoms with Crippen LogP contribution in [0.1, 0.15) is 16.1 Å². The largest absolute Gasteiger partial charge is 0.365 e. The fraction of sp³-hybridized carbons (Fsp3) is 0.0769. The fourth-order valence-corrected chi connectivity index (χ4v) is 1.75. The Kier molecular flexibility index (Phi) is 3.16. The third-order valence-corrected chi connectivity index (χ3v) is 2.74. The highest BCUT2D eigenvalue weighted by molar-refractivity contribution is 5.92. The van der Waals surface area contributed by atoms with Gasteiger partial charge >= 0.3 is 0 Å². The van der Waals surface area contributed by atoms with Crippen molar-refractivity contribution in [3.63, 3.8) is 0 Å². The number of pyridine rings is 1. The Hall–Kier alpha value is -2.50. The van der Waals surface area contributed by atoms with E-state index in [9.17, 15) is 18.4 Å². The second kappa shape index (κ2) is 4.64. The molecule has 6 heteroatoms. The monoisotopic (exact) mass is 264 g/mol. The van der Waals surface area contributed by atoms with E-state index in [1.807, 2.05) is 0 Å². The van der Waals surface area contributed by atoms with Crippen LogP contribution in [0.25, 0.3) is 5.69 Å². The lowest BCUT2D eigenvalue weighted by Gasteiger charge is -2.12. The van der Waals surface area contributed by atoms with E-state index in [4.69, 9.17) is 5.73 Å². The molecular weight excluding hydrogens is 254 g/mol. The van der Waals surface area contributed by atoms with E-state index < -0.39 is 28.7 Å². The van der Waals surface area contributed by atoms with E-state index in [2.05, 4.69) is 0 Å². The van der Waals surface area contributed by atoms with Crippen molar-refractivity contribution in [3.8, 4) is 5.69 Å². The van der Waals surface area contributed by atoms with Crippen molar-refractivity contribution < 1.29 is 13.6 Å². The number of amides is 1. The number of carbonyl (C=O) groups is 1. The predicted octanol–water partition coefficient (Wildman–Crippen LogP) is 1.52. The molecular formula is C13H10F2N2O2. The maximum Gasteiger partial charge on any atom is 0.268 e. The van der Waals surface area contributed by atoms with E-state index in [0.29, 0.717) is 0 Å². The van der Waals surface area contributed by atoms with E-state index in [-0.39, 0.29) is 11.4 Å². The van der Waals surface area contributed by atoms with Crippen molar-refractivity contribution in [1.29, 1.82) is 0 Å². The zero-order chi connectivity index (χ0) is 14.2. The average molecular weight is 264 g/mol. The summed E-state index contributed by atoms with van der Waals surface area (Å²) < 4.78 is 27.5. The van der Waals surface area contributed by atoms with E-state index in [1.165, 1.54) is 19.1 Å². The summed E-state index contributed by atoms with van der Waals surface area (Å²) in [6.07, 6.45) is 0. The van der Waals surface area contributed by atoms with Gasteiger partial charge in [-0.1, -0.05) is 0 Å². The molecule has 1 amide bonds. The van der Waals surface area contributed by atoms with Crippen LogP contribution in [0.5, 0.6) is 0 Å². The number of hydrogen-bond donors (Lipinski definition) is 1. The van der Waals surface area contributed by atoms with Crippen LogP contribution in [0.2, 0.25) is 0 Å². The first-order valence-corrected chi connectivity index (χ1v) is 5.39. The lowest BCUT2D eigenvalue weighted by Crippen LogP contribution is -2.30. The number of nitrogens with two attached hydrogens (primary N) is 1. The van der Waals surface area contributed by atoms with Crippen LogP contribution in [-0.2, 0) is 0 Å². The standard InChI is InChI=1S/C13H10F2N2O2/c1-7-11(15)6-10(12(16)18)13(19)17(7)9-4-2-8(14)3-5-9/h2-6H,1H3,(H2,16,18). The number of hydrogen-bond acceptors (Lipinski definition) is 2. The number of primary amides is 1. The first kappa shape index (κ1) is 12.9. The Bertz CT molecular complexity index is 706. The minimum Gasteiger partial charge on any atom is -0.365 e. The summed E-state index contributed by atoms with van der Waals surface area (Å²) in [6, 6.07) is 5.70. The Morgan fingerprint density at radius 1 is 1.21 bits per heavy atom. The third-order valence-electron chi connectivity index (χ3n) is 2.74. The Labute approximate surface area is 107 Å². The molecule has 0 aliphatic carbocycles. The maximum absolute atomic E-state index is 13.7. The van der Waals surface area contributed by atoms with Crippen LogP contribution in [0, 0.1) is 18.6 Å². The van der Waals surface area contributed by atoms with Crippen LogP contribution < -0.4 is 11.3 Å². The molecule has 0 atom stereocenters. The molecule has 4 nitrogen and oxygen atoms in total. The normalized spacial score (nSPS) is 10.5. The molecule has 0 radical (unpaired) electrons. The van der Waals surface area contributed by atoms with Gasteiger partial charge in [-0.2, -0.15) is 0 Å². The second-order valence-electron chi connectivity index (χ2n) is 3.97. The van der Waals surface area contributed by atoms with Crippen LogP contribution in [-0.4, -0.2) is 10.5 Å². The highest BCUT2D eigenvalue weighted by Crippen LogP contribution is 2.13. The molecule has 19 heavy (non-hydrogen) atoms. The molecule has 0 fully saturated rings. The first-order valence-electron chi connectivity index (χ1n) is 5.39. The molecule has 98 valence electrons. The van der Waals surface area contributed by atoms with E-state index in [1.54, 1.807) is 0 Å². The van der Waals surface area contributed by atoms with Gasteiger partial charge in [-0.25, -0.2) is 8.78 Å². The predicted molar refractivity (Wildman–Crippen MR) is 65.2 cm³/mol. The Morgan fingerprint density at radius 2 is 1.79 bits per heavy atom. The van der Waals surface area contributed by atoms with Crippen molar-refractivity contribution in [1.82, 2.24) is 4.57 Å². The highest BCUT2D eigenvalue weighted by Gasteiger charge is 2.16. The van der Waals surface area contributed by atoms with Gasteiger partial charge in [0.05, 0.1) is 5.69 Å². The molecule has 2 rings (SSSR count). The van der Waals surface area contributed by atoms with Crippen molar-refractivity contribution in [2.45, 2.75) is 6.92 Å². The molecule has 0 aliphatic rings. The number of rotatable bonds is 2. The minimum absolute atomic E-state index is 0.0154. The fourth-order valence-electron chi connectivity index (χ4n) is 1.75.